The fourth-order valence-electron chi connectivity index (χ4n) is 3.01. The van der Waals surface area contributed by atoms with Crippen molar-refractivity contribution in [3.05, 3.63) is 65.9 Å². The molecule has 1 amide bonds. The molecule has 128 valence electrons. The number of hydrogen-bond donors (Lipinski definition) is 1. The Bertz CT molecular complexity index is 1070. The maximum atomic E-state index is 12.4. The van der Waals surface area contributed by atoms with Crippen LogP contribution in [-0.4, -0.2) is 16.9 Å². The Morgan fingerprint density at radius 2 is 2.00 bits per heavy atom. The molecule has 5 nitrogen and oxygen atoms in total. The van der Waals surface area contributed by atoms with Crippen molar-refractivity contribution >= 4 is 40.1 Å². The second-order valence-corrected chi connectivity index (χ2v) is 5.94. The fourth-order valence-corrected chi connectivity index (χ4v) is 3.01. The van der Waals surface area contributed by atoms with Gasteiger partial charge in [-0.1, -0.05) is 37.3 Å². The van der Waals surface area contributed by atoms with Gasteiger partial charge < -0.3 is 10.1 Å². The average Bonchev–Trinajstić information content (AvgIpc) is 2.99. The molecule has 5 heteroatoms. The van der Waals surface area contributed by atoms with Gasteiger partial charge >= 0.3 is 5.97 Å². The van der Waals surface area contributed by atoms with Gasteiger partial charge in [-0.3, -0.25) is 14.6 Å². The molecule has 0 saturated heterocycles. The Morgan fingerprint density at radius 1 is 1.15 bits per heavy atom. The van der Waals surface area contributed by atoms with Crippen LogP contribution in [0.1, 0.15) is 24.5 Å². The molecule has 0 bridgehead atoms. The first-order valence-corrected chi connectivity index (χ1v) is 8.38. The summed E-state index contributed by atoms with van der Waals surface area (Å²) in [6.45, 7) is 1.74. The Balaban J connectivity index is 1.85. The van der Waals surface area contributed by atoms with E-state index in [4.69, 9.17) is 4.74 Å². The summed E-state index contributed by atoms with van der Waals surface area (Å²) in [5.41, 5.74) is 3.71. The van der Waals surface area contributed by atoms with Crippen LogP contribution in [0.25, 0.3) is 22.6 Å². The van der Waals surface area contributed by atoms with E-state index in [2.05, 4.69) is 10.3 Å². The molecular formula is C21H16N2O3. The van der Waals surface area contributed by atoms with E-state index in [0.717, 1.165) is 22.2 Å². The molecule has 4 rings (SSSR count). The number of hydrogen-bond acceptors (Lipinski definition) is 4. The number of anilines is 1. The third-order valence-corrected chi connectivity index (χ3v) is 4.29. The molecule has 3 aromatic rings. The molecular weight excluding hydrogens is 328 g/mol. The summed E-state index contributed by atoms with van der Waals surface area (Å²) in [6, 6.07) is 14.9. The lowest BCUT2D eigenvalue weighted by Crippen LogP contribution is -2.06. The maximum absolute atomic E-state index is 12.4. The van der Waals surface area contributed by atoms with Crippen LogP contribution in [0.3, 0.4) is 0 Å². The molecule has 0 spiro atoms. The lowest BCUT2D eigenvalue weighted by atomic mass is 10.0. The van der Waals surface area contributed by atoms with E-state index >= 15 is 0 Å². The first-order valence-electron chi connectivity index (χ1n) is 8.38. The Hall–Kier alpha value is -3.47. The van der Waals surface area contributed by atoms with Crippen molar-refractivity contribution in [2.75, 3.05) is 5.32 Å². The predicted molar refractivity (Wildman–Crippen MR) is 101 cm³/mol. The Labute approximate surface area is 150 Å². The maximum Gasteiger partial charge on any atom is 0.310 e. The summed E-state index contributed by atoms with van der Waals surface area (Å²) in [4.78, 5) is 28.4. The number of para-hydroxylation sites is 1. The average molecular weight is 344 g/mol. The number of amides is 1. The van der Waals surface area contributed by atoms with Gasteiger partial charge in [0.05, 0.1) is 0 Å². The van der Waals surface area contributed by atoms with Gasteiger partial charge in [0.1, 0.15) is 5.52 Å². The largest absolute Gasteiger partial charge is 0.424 e. The van der Waals surface area contributed by atoms with Crippen molar-refractivity contribution in [3.8, 4) is 5.75 Å². The number of nitrogens with one attached hydrogen (secondary N) is 1. The number of aromatic nitrogens is 1. The first kappa shape index (κ1) is 16.0. The van der Waals surface area contributed by atoms with Gasteiger partial charge in [0, 0.05) is 34.8 Å². The number of nitrogens with zero attached hydrogens (tertiary/aromatic N) is 1. The van der Waals surface area contributed by atoms with Crippen molar-refractivity contribution in [1.29, 1.82) is 0 Å². The van der Waals surface area contributed by atoms with E-state index in [0.29, 0.717) is 16.8 Å². The Morgan fingerprint density at radius 3 is 2.85 bits per heavy atom. The minimum absolute atomic E-state index is 0.135. The number of rotatable bonds is 3. The predicted octanol–water partition coefficient (Wildman–Crippen LogP) is 4.04. The second kappa shape index (κ2) is 6.44. The zero-order chi connectivity index (χ0) is 18.1. The van der Waals surface area contributed by atoms with Crippen molar-refractivity contribution < 1.29 is 14.3 Å². The highest BCUT2D eigenvalue weighted by molar-refractivity contribution is 6.35. The molecule has 0 saturated carbocycles. The number of fused-ring (bicyclic) bond motifs is 2. The number of pyridine rings is 1. The summed E-state index contributed by atoms with van der Waals surface area (Å²) >= 11 is 0. The van der Waals surface area contributed by atoms with Crippen molar-refractivity contribution in [2.24, 2.45) is 0 Å². The second-order valence-electron chi connectivity index (χ2n) is 5.94. The lowest BCUT2D eigenvalue weighted by molar-refractivity contribution is -0.133. The standard InChI is InChI=1S/C21H16N2O3/c1-2-19(24)26-18-10-9-13(14-7-5-11-22-20(14)18)12-16-15-6-3-4-8-17(15)23-21(16)25/h3-12H,2H2,1H3,(H,23,25). The van der Waals surface area contributed by atoms with Crippen LogP contribution < -0.4 is 10.1 Å². The zero-order valence-corrected chi connectivity index (χ0v) is 14.2. The molecule has 0 atom stereocenters. The third-order valence-electron chi connectivity index (χ3n) is 4.29. The van der Waals surface area contributed by atoms with E-state index < -0.39 is 0 Å². The fraction of sp³-hybridized carbons (Fsp3) is 0.0952. The van der Waals surface area contributed by atoms with Gasteiger partial charge in [0.2, 0.25) is 0 Å². The van der Waals surface area contributed by atoms with Crippen molar-refractivity contribution in [2.45, 2.75) is 13.3 Å². The number of benzene rings is 2. The molecule has 1 aromatic heterocycles. The minimum Gasteiger partial charge on any atom is -0.424 e. The van der Waals surface area contributed by atoms with Gasteiger partial charge in [0.25, 0.3) is 5.91 Å². The quantitative estimate of drug-likeness (QED) is 0.442. The summed E-state index contributed by atoms with van der Waals surface area (Å²) < 4.78 is 5.38. The van der Waals surface area contributed by atoms with Gasteiger partial charge in [-0.25, -0.2) is 0 Å². The summed E-state index contributed by atoms with van der Waals surface area (Å²) in [5, 5.41) is 3.69. The number of carbonyl (C=O) groups is 2. The SMILES string of the molecule is CCC(=O)Oc1ccc(C=C2C(=O)Nc3ccccc32)c2cccnc12. The van der Waals surface area contributed by atoms with Crippen LogP contribution in [0, 0.1) is 0 Å². The molecule has 1 aliphatic heterocycles. The molecule has 26 heavy (non-hydrogen) atoms. The van der Waals surface area contributed by atoms with Crippen molar-refractivity contribution in [1.82, 2.24) is 4.98 Å². The third kappa shape index (κ3) is 2.73. The minimum atomic E-state index is -0.313. The molecule has 2 aromatic carbocycles. The molecule has 0 aliphatic carbocycles. The summed E-state index contributed by atoms with van der Waals surface area (Å²) in [5.74, 6) is -0.0252. The number of carbonyl (C=O) groups excluding carboxylic acids is 2. The number of esters is 1. The van der Waals surface area contributed by atoms with E-state index in [-0.39, 0.29) is 18.3 Å². The highest BCUT2D eigenvalue weighted by Gasteiger charge is 2.23. The van der Waals surface area contributed by atoms with Gasteiger partial charge in [0.15, 0.2) is 5.75 Å². The topological polar surface area (TPSA) is 68.3 Å². The highest BCUT2D eigenvalue weighted by atomic mass is 16.5. The Kier molecular flexibility index (Phi) is 3.97. The summed E-state index contributed by atoms with van der Waals surface area (Å²) in [6.07, 6.45) is 3.79. The van der Waals surface area contributed by atoms with Gasteiger partial charge in [-0.15, -0.1) is 0 Å². The first-order chi connectivity index (χ1) is 12.7. The van der Waals surface area contributed by atoms with Crippen LogP contribution in [0.4, 0.5) is 5.69 Å². The molecule has 0 fully saturated rings. The van der Waals surface area contributed by atoms with E-state index in [1.807, 2.05) is 48.5 Å². The van der Waals surface area contributed by atoms with E-state index in [9.17, 15) is 9.59 Å². The van der Waals surface area contributed by atoms with Crippen LogP contribution in [-0.2, 0) is 9.59 Å². The zero-order valence-electron chi connectivity index (χ0n) is 14.2. The highest BCUT2D eigenvalue weighted by Crippen LogP contribution is 2.35. The molecule has 0 radical (unpaired) electrons. The van der Waals surface area contributed by atoms with Crippen LogP contribution >= 0.6 is 0 Å². The van der Waals surface area contributed by atoms with Gasteiger partial charge in [-0.05, 0) is 29.8 Å². The van der Waals surface area contributed by atoms with E-state index in [1.165, 1.54) is 0 Å². The molecule has 2 heterocycles. The summed E-state index contributed by atoms with van der Waals surface area (Å²) in [7, 11) is 0. The van der Waals surface area contributed by atoms with Gasteiger partial charge in [-0.2, -0.15) is 0 Å². The number of ether oxygens (including phenoxy) is 1. The lowest BCUT2D eigenvalue weighted by Gasteiger charge is -2.09. The van der Waals surface area contributed by atoms with Crippen molar-refractivity contribution in [3.63, 3.8) is 0 Å². The molecule has 1 N–H and O–H groups in total. The normalized spacial score (nSPS) is 14.3. The molecule has 0 unspecified atom stereocenters. The smallest absolute Gasteiger partial charge is 0.310 e. The van der Waals surface area contributed by atoms with E-state index in [1.54, 1.807) is 19.2 Å². The molecule has 1 aliphatic rings. The monoisotopic (exact) mass is 344 g/mol. The van der Waals surface area contributed by atoms with Crippen LogP contribution in [0.2, 0.25) is 0 Å². The van der Waals surface area contributed by atoms with Crippen LogP contribution in [0.15, 0.2) is 54.7 Å². The van der Waals surface area contributed by atoms with Crippen LogP contribution in [0.5, 0.6) is 5.75 Å².